The minimum Gasteiger partial charge on any atom is -0.507 e. The number of carbonyl (C=O) groups is 1. The highest BCUT2D eigenvalue weighted by Crippen LogP contribution is 2.25. The van der Waals surface area contributed by atoms with Gasteiger partial charge in [0.05, 0.1) is 0 Å². The van der Waals surface area contributed by atoms with Crippen molar-refractivity contribution >= 4 is 16.7 Å². The number of hydrogen-bond donors (Lipinski definition) is 1. The molecule has 0 atom stereocenters. The number of fused-ring (bicyclic) bond motifs is 1. The lowest BCUT2D eigenvalue weighted by Gasteiger charge is -2.06. The van der Waals surface area contributed by atoms with Crippen LogP contribution in [0, 0.1) is 0 Å². The second-order valence-electron chi connectivity index (χ2n) is 3.60. The van der Waals surface area contributed by atoms with Crippen molar-refractivity contribution < 1.29 is 14.6 Å². The smallest absolute Gasteiger partial charge is 0.342 e. The molecule has 0 heterocycles. The molecule has 0 fully saturated rings. The fraction of sp³-hybridized carbons (Fsp3) is 0.0714. The van der Waals surface area contributed by atoms with Crippen molar-refractivity contribution in [2.24, 2.45) is 0 Å². The molecular weight excluding hydrogens is 216 g/mol. The summed E-state index contributed by atoms with van der Waals surface area (Å²) in [6, 6.07) is 10.7. The zero-order chi connectivity index (χ0) is 12.3. The first-order chi connectivity index (χ1) is 8.22. The lowest BCUT2D eigenvalue weighted by Crippen LogP contribution is -2.05. The lowest BCUT2D eigenvalue weighted by atomic mass is 10.1. The summed E-state index contributed by atoms with van der Waals surface area (Å²) in [4.78, 5) is 11.6. The predicted octanol–water partition coefficient (Wildman–Crippen LogP) is 2.89. The number of benzene rings is 2. The molecule has 17 heavy (non-hydrogen) atoms. The average Bonchev–Trinajstić information content (AvgIpc) is 2.35. The first-order valence-corrected chi connectivity index (χ1v) is 5.22. The molecule has 2 aromatic rings. The van der Waals surface area contributed by atoms with Crippen LogP contribution in [0.4, 0.5) is 0 Å². The van der Waals surface area contributed by atoms with Crippen LogP contribution in [0.5, 0.6) is 5.75 Å². The third-order valence-corrected chi connectivity index (χ3v) is 2.42. The molecule has 0 radical (unpaired) electrons. The third-order valence-electron chi connectivity index (χ3n) is 2.42. The van der Waals surface area contributed by atoms with E-state index in [-0.39, 0.29) is 17.9 Å². The van der Waals surface area contributed by atoms with Crippen LogP contribution in [-0.2, 0) is 4.74 Å². The molecule has 0 saturated carbocycles. The van der Waals surface area contributed by atoms with Gasteiger partial charge in [-0.3, -0.25) is 0 Å². The van der Waals surface area contributed by atoms with E-state index in [1.165, 1.54) is 6.08 Å². The number of phenols is 1. The second-order valence-corrected chi connectivity index (χ2v) is 3.60. The van der Waals surface area contributed by atoms with Crippen molar-refractivity contribution in [1.82, 2.24) is 0 Å². The summed E-state index contributed by atoms with van der Waals surface area (Å²) in [6.07, 6.45) is 1.48. The number of rotatable bonds is 3. The van der Waals surface area contributed by atoms with E-state index in [2.05, 4.69) is 6.58 Å². The molecule has 0 aliphatic rings. The maximum absolute atomic E-state index is 11.6. The Hall–Kier alpha value is -2.29. The Morgan fingerprint density at radius 2 is 1.94 bits per heavy atom. The molecule has 0 spiro atoms. The Bertz CT molecular complexity index is 573. The molecule has 0 bridgehead atoms. The molecule has 86 valence electrons. The normalized spacial score (nSPS) is 10.1. The molecule has 3 nitrogen and oxygen atoms in total. The quantitative estimate of drug-likeness (QED) is 0.649. The van der Waals surface area contributed by atoms with Gasteiger partial charge in [0.25, 0.3) is 0 Å². The van der Waals surface area contributed by atoms with Crippen LogP contribution >= 0.6 is 0 Å². The number of carbonyl (C=O) groups excluding carboxylic acids is 1. The van der Waals surface area contributed by atoms with Gasteiger partial charge in [-0.25, -0.2) is 4.79 Å². The highest BCUT2D eigenvalue weighted by Gasteiger charge is 2.13. The maximum Gasteiger partial charge on any atom is 0.342 e. The Balaban J connectivity index is 2.43. The maximum atomic E-state index is 11.6. The summed E-state index contributed by atoms with van der Waals surface area (Å²) in [6.45, 7) is 3.59. The molecule has 3 heteroatoms. The molecule has 0 aromatic heterocycles. The molecule has 2 aromatic carbocycles. The number of hydrogen-bond acceptors (Lipinski definition) is 3. The largest absolute Gasteiger partial charge is 0.507 e. The fourth-order valence-electron chi connectivity index (χ4n) is 1.60. The molecule has 1 N–H and O–H groups in total. The Morgan fingerprint density at radius 3 is 2.59 bits per heavy atom. The van der Waals surface area contributed by atoms with Crippen molar-refractivity contribution in [3.8, 4) is 5.75 Å². The van der Waals surface area contributed by atoms with Gasteiger partial charge in [-0.05, 0) is 22.9 Å². The van der Waals surface area contributed by atoms with Gasteiger partial charge in [0.2, 0.25) is 0 Å². The average molecular weight is 228 g/mol. The van der Waals surface area contributed by atoms with E-state index in [1.54, 1.807) is 12.1 Å². The Labute approximate surface area is 99.0 Å². The van der Waals surface area contributed by atoms with E-state index in [1.807, 2.05) is 24.3 Å². The minimum atomic E-state index is -0.548. The van der Waals surface area contributed by atoms with Crippen molar-refractivity contribution in [1.29, 1.82) is 0 Å². The van der Waals surface area contributed by atoms with Crippen LogP contribution in [0.2, 0.25) is 0 Å². The Kier molecular flexibility index (Phi) is 3.10. The zero-order valence-electron chi connectivity index (χ0n) is 9.22. The SMILES string of the molecule is C=CCOC(=O)c1cc2ccccc2cc1O. The molecule has 0 aliphatic heterocycles. The summed E-state index contributed by atoms with van der Waals surface area (Å²) < 4.78 is 4.89. The van der Waals surface area contributed by atoms with Crippen LogP contribution < -0.4 is 0 Å². The Morgan fingerprint density at radius 1 is 1.29 bits per heavy atom. The molecular formula is C14H12O3. The summed E-state index contributed by atoms with van der Waals surface area (Å²) in [7, 11) is 0. The van der Waals surface area contributed by atoms with Crippen molar-refractivity contribution in [3.05, 3.63) is 54.6 Å². The van der Waals surface area contributed by atoms with E-state index < -0.39 is 5.97 Å². The van der Waals surface area contributed by atoms with Gasteiger partial charge in [0, 0.05) is 0 Å². The molecule has 0 amide bonds. The van der Waals surface area contributed by atoms with E-state index in [4.69, 9.17) is 4.74 Å². The zero-order valence-corrected chi connectivity index (χ0v) is 9.22. The van der Waals surface area contributed by atoms with Crippen LogP contribution in [0.3, 0.4) is 0 Å². The van der Waals surface area contributed by atoms with E-state index in [0.717, 1.165) is 10.8 Å². The van der Waals surface area contributed by atoms with E-state index >= 15 is 0 Å². The summed E-state index contributed by atoms with van der Waals surface area (Å²) >= 11 is 0. The van der Waals surface area contributed by atoms with Crippen LogP contribution in [0.25, 0.3) is 10.8 Å². The molecule has 0 saturated heterocycles. The fourth-order valence-corrected chi connectivity index (χ4v) is 1.60. The van der Waals surface area contributed by atoms with Crippen LogP contribution in [0.1, 0.15) is 10.4 Å². The number of phenolic OH excluding ortho intramolecular Hbond substituents is 1. The van der Waals surface area contributed by atoms with Gasteiger partial charge in [0.15, 0.2) is 0 Å². The monoisotopic (exact) mass is 228 g/mol. The van der Waals surface area contributed by atoms with E-state index in [0.29, 0.717) is 0 Å². The van der Waals surface area contributed by atoms with Gasteiger partial charge in [-0.2, -0.15) is 0 Å². The highest BCUT2D eigenvalue weighted by atomic mass is 16.5. The van der Waals surface area contributed by atoms with Crippen LogP contribution in [0.15, 0.2) is 49.1 Å². The first kappa shape index (κ1) is 11.2. The number of aromatic hydroxyl groups is 1. The van der Waals surface area contributed by atoms with Gasteiger partial charge in [-0.1, -0.05) is 36.9 Å². The minimum absolute atomic E-state index is 0.0715. The van der Waals surface area contributed by atoms with Crippen molar-refractivity contribution in [2.45, 2.75) is 0 Å². The number of ether oxygens (including phenoxy) is 1. The lowest BCUT2D eigenvalue weighted by molar-refractivity contribution is 0.0546. The van der Waals surface area contributed by atoms with Gasteiger partial charge in [-0.15, -0.1) is 0 Å². The first-order valence-electron chi connectivity index (χ1n) is 5.22. The summed E-state index contributed by atoms with van der Waals surface area (Å²) in [5.74, 6) is -0.620. The van der Waals surface area contributed by atoms with Crippen molar-refractivity contribution in [2.75, 3.05) is 6.61 Å². The molecule has 0 aliphatic carbocycles. The van der Waals surface area contributed by atoms with Gasteiger partial charge in [0.1, 0.15) is 17.9 Å². The van der Waals surface area contributed by atoms with Gasteiger partial charge < -0.3 is 9.84 Å². The standard InChI is InChI=1S/C14H12O3/c1-2-7-17-14(16)12-8-10-5-3-4-6-11(10)9-13(12)15/h2-6,8-9,15H,1,7H2. The van der Waals surface area contributed by atoms with Gasteiger partial charge >= 0.3 is 5.97 Å². The molecule has 0 unspecified atom stereocenters. The summed E-state index contributed by atoms with van der Waals surface area (Å²) in [5.41, 5.74) is 0.172. The number of esters is 1. The highest BCUT2D eigenvalue weighted by molar-refractivity contribution is 5.98. The van der Waals surface area contributed by atoms with Crippen LogP contribution in [-0.4, -0.2) is 17.7 Å². The third kappa shape index (κ3) is 2.28. The topological polar surface area (TPSA) is 46.5 Å². The predicted molar refractivity (Wildman–Crippen MR) is 66.1 cm³/mol. The second kappa shape index (κ2) is 4.70. The van der Waals surface area contributed by atoms with Crippen molar-refractivity contribution in [3.63, 3.8) is 0 Å². The van der Waals surface area contributed by atoms with E-state index in [9.17, 15) is 9.90 Å². The molecule has 2 rings (SSSR count). The summed E-state index contributed by atoms with van der Waals surface area (Å²) in [5, 5.41) is 11.5.